The fraction of sp³-hybridized carbons (Fsp3) is 0.318. The second-order valence-corrected chi connectivity index (χ2v) is 6.88. The molecule has 0 aromatic heterocycles. The summed E-state index contributed by atoms with van der Waals surface area (Å²) in [7, 11) is 0. The SMILES string of the molecule is O=C(/C=C/c1ccc2c(c1)CCO2)Nc1ccc(N2CCCCC2)cc1. The summed E-state index contributed by atoms with van der Waals surface area (Å²) in [5.74, 6) is 0.841. The van der Waals surface area contributed by atoms with Gasteiger partial charge in [-0.15, -0.1) is 0 Å². The molecule has 0 atom stereocenters. The number of hydrogen-bond donors (Lipinski definition) is 1. The van der Waals surface area contributed by atoms with Gasteiger partial charge < -0.3 is 15.0 Å². The lowest BCUT2D eigenvalue weighted by atomic mass is 10.1. The number of piperidine rings is 1. The molecule has 1 fully saturated rings. The average molecular weight is 348 g/mol. The number of nitrogens with zero attached hydrogens (tertiary/aromatic N) is 1. The Balaban J connectivity index is 1.35. The molecular weight excluding hydrogens is 324 g/mol. The van der Waals surface area contributed by atoms with E-state index < -0.39 is 0 Å². The summed E-state index contributed by atoms with van der Waals surface area (Å²) in [6.07, 6.45) is 8.21. The highest BCUT2D eigenvalue weighted by molar-refractivity contribution is 6.02. The van der Waals surface area contributed by atoms with E-state index in [0.717, 1.165) is 43.1 Å². The van der Waals surface area contributed by atoms with E-state index in [-0.39, 0.29) is 5.91 Å². The van der Waals surface area contributed by atoms with Crippen LogP contribution in [0.1, 0.15) is 30.4 Å². The number of ether oxygens (including phenoxy) is 1. The van der Waals surface area contributed by atoms with Crippen LogP contribution in [0.4, 0.5) is 11.4 Å². The van der Waals surface area contributed by atoms with E-state index in [1.54, 1.807) is 6.08 Å². The van der Waals surface area contributed by atoms with Gasteiger partial charge in [-0.25, -0.2) is 0 Å². The predicted octanol–water partition coefficient (Wildman–Crippen LogP) is 4.26. The first-order chi connectivity index (χ1) is 12.8. The Bertz CT molecular complexity index is 805. The van der Waals surface area contributed by atoms with Crippen LogP contribution in [-0.4, -0.2) is 25.6 Å². The minimum Gasteiger partial charge on any atom is -0.493 e. The number of hydrogen-bond acceptors (Lipinski definition) is 3. The molecule has 0 bridgehead atoms. The highest BCUT2D eigenvalue weighted by Gasteiger charge is 2.12. The van der Waals surface area contributed by atoms with Gasteiger partial charge in [0.25, 0.3) is 0 Å². The van der Waals surface area contributed by atoms with Crippen LogP contribution in [0.3, 0.4) is 0 Å². The molecule has 2 heterocycles. The second kappa shape index (κ2) is 7.65. The molecule has 1 N–H and O–H groups in total. The molecule has 2 aliphatic heterocycles. The van der Waals surface area contributed by atoms with E-state index in [0.29, 0.717) is 0 Å². The highest BCUT2D eigenvalue weighted by atomic mass is 16.5. The number of carbonyl (C=O) groups is 1. The van der Waals surface area contributed by atoms with Crippen LogP contribution in [0.15, 0.2) is 48.5 Å². The quantitative estimate of drug-likeness (QED) is 0.839. The molecule has 0 spiro atoms. The van der Waals surface area contributed by atoms with Gasteiger partial charge in [0.1, 0.15) is 5.75 Å². The van der Waals surface area contributed by atoms with Crippen LogP contribution in [0.5, 0.6) is 5.75 Å². The Labute approximate surface area is 154 Å². The minimum absolute atomic E-state index is 0.118. The molecule has 4 rings (SSSR count). The van der Waals surface area contributed by atoms with Gasteiger partial charge in [-0.05, 0) is 72.9 Å². The van der Waals surface area contributed by atoms with Crippen LogP contribution >= 0.6 is 0 Å². The molecule has 2 aromatic rings. The van der Waals surface area contributed by atoms with Crippen molar-refractivity contribution in [3.05, 3.63) is 59.7 Å². The van der Waals surface area contributed by atoms with Gasteiger partial charge >= 0.3 is 0 Å². The second-order valence-electron chi connectivity index (χ2n) is 6.88. The van der Waals surface area contributed by atoms with Crippen molar-refractivity contribution in [2.75, 3.05) is 29.9 Å². The molecule has 2 aromatic carbocycles. The van der Waals surface area contributed by atoms with Gasteiger partial charge in [0.2, 0.25) is 5.91 Å². The monoisotopic (exact) mass is 348 g/mol. The van der Waals surface area contributed by atoms with Gasteiger partial charge in [-0.3, -0.25) is 4.79 Å². The highest BCUT2D eigenvalue weighted by Crippen LogP contribution is 2.26. The third-order valence-electron chi connectivity index (χ3n) is 5.00. The molecular formula is C22H24N2O2. The molecule has 4 heteroatoms. The zero-order chi connectivity index (χ0) is 17.8. The van der Waals surface area contributed by atoms with Crippen molar-refractivity contribution in [1.82, 2.24) is 0 Å². The molecule has 0 unspecified atom stereocenters. The molecule has 2 aliphatic rings. The molecule has 1 saturated heterocycles. The van der Waals surface area contributed by atoms with E-state index in [9.17, 15) is 4.79 Å². The number of fused-ring (bicyclic) bond motifs is 1. The fourth-order valence-electron chi connectivity index (χ4n) is 3.57. The number of benzene rings is 2. The van der Waals surface area contributed by atoms with E-state index in [4.69, 9.17) is 4.74 Å². The summed E-state index contributed by atoms with van der Waals surface area (Å²) in [5.41, 5.74) is 4.28. The van der Waals surface area contributed by atoms with E-state index in [2.05, 4.69) is 28.4 Å². The van der Waals surface area contributed by atoms with Crippen LogP contribution in [-0.2, 0) is 11.2 Å². The summed E-state index contributed by atoms with van der Waals surface area (Å²) in [6.45, 7) is 3.00. The molecule has 1 amide bonds. The van der Waals surface area contributed by atoms with Gasteiger partial charge in [0, 0.05) is 37.0 Å². The summed E-state index contributed by atoms with van der Waals surface area (Å²) in [5, 5.41) is 2.93. The number of nitrogens with one attached hydrogen (secondary N) is 1. The van der Waals surface area contributed by atoms with Crippen LogP contribution in [0.25, 0.3) is 6.08 Å². The first-order valence-electron chi connectivity index (χ1n) is 9.38. The lowest BCUT2D eigenvalue weighted by molar-refractivity contribution is -0.111. The summed E-state index contributed by atoms with van der Waals surface area (Å²) >= 11 is 0. The van der Waals surface area contributed by atoms with Crippen molar-refractivity contribution in [1.29, 1.82) is 0 Å². The van der Waals surface area contributed by atoms with Gasteiger partial charge in [0.05, 0.1) is 6.61 Å². The number of amides is 1. The molecule has 4 nitrogen and oxygen atoms in total. The topological polar surface area (TPSA) is 41.6 Å². The van der Waals surface area contributed by atoms with E-state index in [1.165, 1.54) is 30.5 Å². The normalized spacial score (nSPS) is 16.4. The Morgan fingerprint density at radius 3 is 2.65 bits per heavy atom. The Hall–Kier alpha value is -2.75. The number of anilines is 2. The standard InChI is InChI=1S/C22H24N2O2/c25-22(11-5-17-4-10-21-18(16-17)12-15-26-21)23-19-6-8-20(9-7-19)24-13-2-1-3-14-24/h4-11,16H,1-3,12-15H2,(H,23,25)/b11-5+. The maximum absolute atomic E-state index is 12.2. The fourth-order valence-corrected chi connectivity index (χ4v) is 3.57. The average Bonchev–Trinajstić information content (AvgIpc) is 3.15. The van der Waals surface area contributed by atoms with E-state index in [1.807, 2.05) is 30.3 Å². The van der Waals surface area contributed by atoms with Gasteiger partial charge in [-0.1, -0.05) is 6.07 Å². The van der Waals surface area contributed by atoms with Crippen molar-refractivity contribution in [2.24, 2.45) is 0 Å². The van der Waals surface area contributed by atoms with Crippen molar-refractivity contribution in [3.8, 4) is 5.75 Å². The molecule has 0 radical (unpaired) electrons. The lowest BCUT2D eigenvalue weighted by Crippen LogP contribution is -2.29. The number of rotatable bonds is 4. The maximum Gasteiger partial charge on any atom is 0.248 e. The molecule has 0 saturated carbocycles. The third-order valence-corrected chi connectivity index (χ3v) is 5.00. The molecule has 0 aliphatic carbocycles. The van der Waals surface area contributed by atoms with Crippen LogP contribution in [0.2, 0.25) is 0 Å². The summed E-state index contributed by atoms with van der Waals surface area (Å²) in [6, 6.07) is 14.2. The predicted molar refractivity (Wildman–Crippen MR) is 106 cm³/mol. The zero-order valence-corrected chi connectivity index (χ0v) is 14.9. The lowest BCUT2D eigenvalue weighted by Gasteiger charge is -2.28. The summed E-state index contributed by atoms with van der Waals surface area (Å²) in [4.78, 5) is 14.6. The van der Waals surface area contributed by atoms with Crippen LogP contribution in [0, 0.1) is 0 Å². The first-order valence-corrected chi connectivity index (χ1v) is 9.38. The zero-order valence-electron chi connectivity index (χ0n) is 14.9. The Kier molecular flexibility index (Phi) is 4.91. The molecule has 26 heavy (non-hydrogen) atoms. The van der Waals surface area contributed by atoms with E-state index >= 15 is 0 Å². The van der Waals surface area contributed by atoms with Crippen molar-refractivity contribution in [2.45, 2.75) is 25.7 Å². The third kappa shape index (κ3) is 3.90. The van der Waals surface area contributed by atoms with Crippen molar-refractivity contribution in [3.63, 3.8) is 0 Å². The van der Waals surface area contributed by atoms with Crippen molar-refractivity contribution < 1.29 is 9.53 Å². The summed E-state index contributed by atoms with van der Waals surface area (Å²) < 4.78 is 5.50. The Morgan fingerprint density at radius 2 is 1.85 bits per heavy atom. The largest absolute Gasteiger partial charge is 0.493 e. The molecule has 134 valence electrons. The Morgan fingerprint density at radius 1 is 1.04 bits per heavy atom. The minimum atomic E-state index is -0.118. The smallest absolute Gasteiger partial charge is 0.248 e. The number of carbonyl (C=O) groups excluding carboxylic acids is 1. The van der Waals surface area contributed by atoms with Crippen molar-refractivity contribution >= 4 is 23.4 Å². The van der Waals surface area contributed by atoms with Gasteiger partial charge in [-0.2, -0.15) is 0 Å². The van der Waals surface area contributed by atoms with Crippen LogP contribution < -0.4 is 15.0 Å². The first kappa shape index (κ1) is 16.7. The maximum atomic E-state index is 12.2. The van der Waals surface area contributed by atoms with Gasteiger partial charge in [0.15, 0.2) is 0 Å².